The van der Waals surface area contributed by atoms with Gasteiger partial charge in [0.1, 0.15) is 0 Å². The second-order valence-electron chi connectivity index (χ2n) is 3.78. The van der Waals surface area contributed by atoms with Gasteiger partial charge in [-0.1, -0.05) is 0 Å². The molecule has 4 nitrogen and oxygen atoms in total. The van der Waals surface area contributed by atoms with Crippen LogP contribution in [0, 0.1) is 0 Å². The SMILES string of the molecule is CC(=O)OCC[S][Sn]([CH3])([CH3])[S]CCOC(C)=O. The first-order valence-electron chi connectivity index (χ1n) is 5.38. The van der Waals surface area contributed by atoms with Crippen LogP contribution in [0.15, 0.2) is 0 Å². The molecule has 0 radical (unpaired) electrons. The molecule has 7 heteroatoms. The van der Waals surface area contributed by atoms with E-state index in [0.29, 0.717) is 13.2 Å². The third-order valence-electron chi connectivity index (χ3n) is 1.68. The molecule has 0 aliphatic rings. The summed E-state index contributed by atoms with van der Waals surface area (Å²) >= 11 is -2.13. The van der Waals surface area contributed by atoms with Crippen molar-refractivity contribution in [1.29, 1.82) is 0 Å². The Kier molecular flexibility index (Phi) is 9.62. The molecular weight excluding hydrogens is 367 g/mol. The first-order valence-corrected chi connectivity index (χ1v) is 20.0. The molecule has 0 aromatic rings. The van der Waals surface area contributed by atoms with Crippen LogP contribution in [0.5, 0.6) is 0 Å². The van der Waals surface area contributed by atoms with Crippen LogP contribution in [0.1, 0.15) is 13.8 Å². The molecule has 0 aliphatic heterocycles. The fourth-order valence-corrected chi connectivity index (χ4v) is 18.0. The van der Waals surface area contributed by atoms with E-state index in [1.165, 1.54) is 13.8 Å². The number of ether oxygens (including phenoxy) is 2. The van der Waals surface area contributed by atoms with Gasteiger partial charge in [0.25, 0.3) is 0 Å². The molecule has 0 aromatic heterocycles. The monoisotopic (exact) mass is 388 g/mol. The zero-order valence-corrected chi connectivity index (χ0v) is 15.3. The number of esters is 2. The third kappa shape index (κ3) is 12.7. The van der Waals surface area contributed by atoms with E-state index in [0.717, 1.165) is 11.5 Å². The van der Waals surface area contributed by atoms with E-state index >= 15 is 0 Å². The number of hydrogen-bond acceptors (Lipinski definition) is 6. The Hall–Kier alpha value is 0.439. The molecule has 0 unspecified atom stereocenters. The van der Waals surface area contributed by atoms with E-state index in [9.17, 15) is 9.59 Å². The van der Waals surface area contributed by atoms with Gasteiger partial charge in [0.05, 0.1) is 0 Å². The molecule has 0 aliphatic carbocycles. The average molecular weight is 387 g/mol. The van der Waals surface area contributed by atoms with Gasteiger partial charge >= 0.3 is 113 Å². The zero-order valence-electron chi connectivity index (χ0n) is 10.8. The molecule has 0 fully saturated rings. The van der Waals surface area contributed by atoms with Crippen LogP contribution >= 0.6 is 17.9 Å². The molecule has 0 aromatic carbocycles. The molecule has 0 heterocycles. The van der Waals surface area contributed by atoms with E-state index in [4.69, 9.17) is 9.47 Å². The van der Waals surface area contributed by atoms with Gasteiger partial charge in [0.2, 0.25) is 0 Å². The van der Waals surface area contributed by atoms with Gasteiger partial charge in [-0.3, -0.25) is 0 Å². The van der Waals surface area contributed by atoms with Crippen molar-refractivity contribution in [3.05, 3.63) is 0 Å². The zero-order chi connectivity index (χ0) is 13.3. The molecule has 0 spiro atoms. The minimum atomic E-state index is -2.13. The van der Waals surface area contributed by atoms with Gasteiger partial charge in [-0.15, -0.1) is 0 Å². The van der Waals surface area contributed by atoms with Gasteiger partial charge in [0, 0.05) is 0 Å². The average Bonchev–Trinajstić information content (AvgIpc) is 2.19. The topological polar surface area (TPSA) is 52.6 Å². The quantitative estimate of drug-likeness (QED) is 0.362. The number of carbonyl (C=O) groups is 2. The Morgan fingerprint density at radius 3 is 1.59 bits per heavy atom. The van der Waals surface area contributed by atoms with Crippen LogP contribution in [-0.2, 0) is 19.1 Å². The first-order chi connectivity index (χ1) is 7.83. The van der Waals surface area contributed by atoms with Crippen molar-refractivity contribution in [2.75, 3.05) is 24.7 Å². The second kappa shape index (κ2) is 9.38. The van der Waals surface area contributed by atoms with Crippen molar-refractivity contribution in [3.63, 3.8) is 0 Å². The van der Waals surface area contributed by atoms with Crippen molar-refractivity contribution >= 4 is 45.4 Å². The number of carbonyl (C=O) groups excluding carboxylic acids is 2. The van der Waals surface area contributed by atoms with E-state index in [1.807, 2.05) is 17.9 Å². The van der Waals surface area contributed by atoms with Crippen LogP contribution in [0.3, 0.4) is 0 Å². The summed E-state index contributed by atoms with van der Waals surface area (Å²) in [5.74, 6) is 1.29. The maximum absolute atomic E-state index is 10.6. The van der Waals surface area contributed by atoms with Crippen LogP contribution in [0.4, 0.5) is 0 Å². The van der Waals surface area contributed by atoms with Gasteiger partial charge in [-0.05, 0) is 0 Å². The summed E-state index contributed by atoms with van der Waals surface area (Å²) in [6, 6.07) is 0. The van der Waals surface area contributed by atoms with Crippen molar-refractivity contribution < 1.29 is 19.1 Å². The summed E-state index contributed by atoms with van der Waals surface area (Å²) in [4.78, 5) is 25.8. The summed E-state index contributed by atoms with van der Waals surface area (Å²) in [7, 11) is 3.87. The summed E-state index contributed by atoms with van der Waals surface area (Å²) in [5.41, 5.74) is 0. The fourth-order valence-electron chi connectivity index (χ4n) is 0.987. The van der Waals surface area contributed by atoms with Gasteiger partial charge in [-0.25, -0.2) is 0 Å². The molecule has 0 amide bonds. The van der Waals surface area contributed by atoms with Gasteiger partial charge < -0.3 is 0 Å². The summed E-state index contributed by atoms with van der Waals surface area (Å²) in [5, 5.41) is 0. The van der Waals surface area contributed by atoms with E-state index < -0.39 is 15.6 Å². The van der Waals surface area contributed by atoms with Gasteiger partial charge in [-0.2, -0.15) is 0 Å². The maximum atomic E-state index is 10.6. The molecule has 0 saturated heterocycles. The summed E-state index contributed by atoms with van der Waals surface area (Å²) in [6.07, 6.45) is 0. The van der Waals surface area contributed by atoms with Crippen LogP contribution in [0.25, 0.3) is 0 Å². The molecule has 0 N–H and O–H groups in total. The predicted molar refractivity (Wildman–Crippen MR) is 75.7 cm³/mol. The Morgan fingerprint density at radius 1 is 0.941 bits per heavy atom. The Morgan fingerprint density at radius 2 is 1.29 bits per heavy atom. The molecule has 17 heavy (non-hydrogen) atoms. The Balaban J connectivity index is 3.57. The second-order valence-corrected chi connectivity index (χ2v) is 33.5. The standard InChI is InChI=1S/2C4H8O2S.2CH3.Sn/c2*1-4(5)6-2-3-7;;;/h2*7H,2-3H2,1H3;2*1H3;/q;;;;+2/p-2. The first kappa shape index (κ1) is 17.4. The molecule has 0 atom stereocenters. The van der Waals surface area contributed by atoms with E-state index in [2.05, 4.69) is 9.88 Å². The minimum absolute atomic E-state index is 0.221. The summed E-state index contributed by atoms with van der Waals surface area (Å²) < 4.78 is 9.78. The molecule has 0 saturated carbocycles. The number of rotatable bonds is 8. The predicted octanol–water partition coefficient (Wildman–Crippen LogP) is 2.28. The Labute approximate surface area is 112 Å². The van der Waals surface area contributed by atoms with Crippen molar-refractivity contribution in [2.24, 2.45) is 0 Å². The van der Waals surface area contributed by atoms with Crippen molar-refractivity contribution in [3.8, 4) is 0 Å². The fraction of sp³-hybridized carbons (Fsp3) is 0.800. The van der Waals surface area contributed by atoms with E-state index in [-0.39, 0.29) is 11.9 Å². The molecule has 0 bridgehead atoms. The van der Waals surface area contributed by atoms with E-state index in [1.54, 1.807) is 0 Å². The van der Waals surface area contributed by atoms with Gasteiger partial charge in [0.15, 0.2) is 0 Å². The van der Waals surface area contributed by atoms with Crippen molar-refractivity contribution in [1.82, 2.24) is 0 Å². The summed E-state index contributed by atoms with van der Waals surface area (Å²) in [6.45, 7) is 3.83. The van der Waals surface area contributed by atoms with Crippen molar-refractivity contribution in [2.45, 2.75) is 23.7 Å². The van der Waals surface area contributed by atoms with Crippen LogP contribution < -0.4 is 0 Å². The normalized spacial score (nSPS) is 11.1. The van der Waals surface area contributed by atoms with Crippen LogP contribution in [0.2, 0.25) is 9.88 Å². The Bertz CT molecular complexity index is 235. The molecular formula is C10H20O4S2Sn. The van der Waals surface area contributed by atoms with Crippen LogP contribution in [-0.4, -0.2) is 52.3 Å². The molecule has 100 valence electrons. The number of hydrogen-bond donors (Lipinski definition) is 0. The third-order valence-corrected chi connectivity index (χ3v) is 24.0. The molecule has 0 rings (SSSR count).